The number of para-hydroxylation sites is 1. The number of carbonyl (C=O) groups is 1. The number of methoxy groups -OCH3 is 2. The van der Waals surface area contributed by atoms with Crippen molar-refractivity contribution >= 4 is 33.7 Å². The summed E-state index contributed by atoms with van der Waals surface area (Å²) in [4.78, 5) is 13.2. The van der Waals surface area contributed by atoms with Crippen molar-refractivity contribution < 1.29 is 24.1 Å². The predicted molar refractivity (Wildman–Crippen MR) is 185 cm³/mol. The van der Waals surface area contributed by atoms with Gasteiger partial charge in [-0.15, -0.1) is 0 Å². The van der Waals surface area contributed by atoms with E-state index < -0.39 is 5.97 Å². The van der Waals surface area contributed by atoms with Crippen LogP contribution in [0.15, 0.2) is 102 Å². The Hall–Kier alpha value is -5.56. The summed E-state index contributed by atoms with van der Waals surface area (Å²) < 4.78 is 18.3. The summed E-state index contributed by atoms with van der Waals surface area (Å²) in [5, 5.41) is 21.0. The fraction of sp³-hybridized carbons (Fsp3) is 0.179. The number of rotatable bonds is 9. The van der Waals surface area contributed by atoms with Crippen LogP contribution < -0.4 is 9.47 Å². The number of aromatic nitrogens is 1. The Morgan fingerprint density at radius 3 is 2.17 bits per heavy atom. The first-order valence-corrected chi connectivity index (χ1v) is 15.3. The van der Waals surface area contributed by atoms with Gasteiger partial charge in [0.05, 0.1) is 44.0 Å². The zero-order valence-corrected chi connectivity index (χ0v) is 26.6. The number of ether oxygens (including phenoxy) is 3. The SMILES string of the molecule is CCOC(=O)c1cc(-c2ccc(OC)cc2OC)n(/N=C/c2cccc(-c3c4ccccc4cc4ccccc34)c2O)c1C(C)C. The molecule has 0 radical (unpaired) electrons. The largest absolute Gasteiger partial charge is 0.507 e. The molecule has 1 aromatic heterocycles. The van der Waals surface area contributed by atoms with E-state index in [4.69, 9.17) is 19.3 Å². The Morgan fingerprint density at radius 1 is 0.848 bits per heavy atom. The highest BCUT2D eigenvalue weighted by Gasteiger charge is 2.26. The number of hydrogen-bond acceptors (Lipinski definition) is 6. The lowest BCUT2D eigenvalue weighted by molar-refractivity contribution is 0.0524. The van der Waals surface area contributed by atoms with E-state index in [0.29, 0.717) is 39.6 Å². The van der Waals surface area contributed by atoms with E-state index in [-0.39, 0.29) is 18.3 Å². The van der Waals surface area contributed by atoms with E-state index in [0.717, 1.165) is 32.7 Å². The molecule has 7 nitrogen and oxygen atoms in total. The van der Waals surface area contributed by atoms with Crippen molar-refractivity contribution in [1.82, 2.24) is 4.68 Å². The summed E-state index contributed by atoms with van der Waals surface area (Å²) in [6, 6.07) is 31.5. The molecule has 0 aliphatic heterocycles. The molecule has 0 saturated heterocycles. The van der Waals surface area contributed by atoms with Gasteiger partial charge in [0.15, 0.2) is 0 Å². The lowest BCUT2D eigenvalue weighted by atomic mass is 9.91. The second-order valence-electron chi connectivity index (χ2n) is 11.3. The number of phenols is 1. The van der Waals surface area contributed by atoms with Crippen LogP contribution in [0.5, 0.6) is 17.2 Å². The summed E-state index contributed by atoms with van der Waals surface area (Å²) in [5.41, 5.74) is 4.65. The summed E-state index contributed by atoms with van der Waals surface area (Å²) >= 11 is 0. The van der Waals surface area contributed by atoms with Gasteiger partial charge in [-0.3, -0.25) is 0 Å². The van der Waals surface area contributed by atoms with Crippen LogP contribution >= 0.6 is 0 Å². The fourth-order valence-electron chi connectivity index (χ4n) is 6.06. The molecule has 0 atom stereocenters. The maximum absolute atomic E-state index is 13.2. The first-order valence-electron chi connectivity index (χ1n) is 15.3. The Bertz CT molecular complexity index is 2050. The fourth-order valence-corrected chi connectivity index (χ4v) is 6.06. The van der Waals surface area contributed by atoms with E-state index in [1.807, 2.05) is 68.4 Å². The molecule has 6 aromatic rings. The lowest BCUT2D eigenvalue weighted by Gasteiger charge is -2.15. The number of hydrogen-bond donors (Lipinski definition) is 1. The molecule has 0 aliphatic carbocycles. The highest BCUT2D eigenvalue weighted by Crippen LogP contribution is 2.42. The zero-order chi connectivity index (χ0) is 32.4. The predicted octanol–water partition coefficient (Wildman–Crippen LogP) is 9.03. The van der Waals surface area contributed by atoms with E-state index >= 15 is 0 Å². The average Bonchev–Trinajstić information content (AvgIpc) is 3.46. The minimum atomic E-state index is -0.429. The third-order valence-electron chi connectivity index (χ3n) is 8.16. The van der Waals surface area contributed by atoms with Crippen molar-refractivity contribution in [3.63, 3.8) is 0 Å². The minimum absolute atomic E-state index is 0.0865. The minimum Gasteiger partial charge on any atom is -0.507 e. The van der Waals surface area contributed by atoms with Gasteiger partial charge >= 0.3 is 5.97 Å². The molecule has 1 N–H and O–H groups in total. The normalized spacial score (nSPS) is 11.5. The average molecular weight is 613 g/mol. The maximum Gasteiger partial charge on any atom is 0.340 e. The second kappa shape index (κ2) is 12.8. The Morgan fingerprint density at radius 2 is 1.54 bits per heavy atom. The molecule has 1 heterocycles. The van der Waals surface area contributed by atoms with Gasteiger partial charge in [0.25, 0.3) is 0 Å². The zero-order valence-electron chi connectivity index (χ0n) is 26.6. The van der Waals surface area contributed by atoms with Gasteiger partial charge in [0.2, 0.25) is 0 Å². The standard InChI is InChI=1S/C39H36N2O5/c1-6-46-39(43)33-22-34(31-19-18-28(44-4)21-35(31)45-5)41(37(33)24(2)3)40-23-27-14-11-17-32(38(27)42)36-29-15-9-7-12-25(29)20-26-13-8-10-16-30(26)36/h7-24,42H,6H2,1-5H3/b40-23+. The number of nitrogens with zero attached hydrogens (tertiary/aromatic N) is 2. The molecule has 0 unspecified atom stereocenters. The first-order chi connectivity index (χ1) is 22.4. The van der Waals surface area contributed by atoms with Crippen molar-refractivity contribution in [3.05, 3.63) is 114 Å². The molecule has 0 bridgehead atoms. The van der Waals surface area contributed by atoms with Gasteiger partial charge in [-0.1, -0.05) is 74.5 Å². The molecule has 232 valence electrons. The van der Waals surface area contributed by atoms with Crippen molar-refractivity contribution in [2.24, 2.45) is 5.10 Å². The first kappa shape index (κ1) is 30.5. The maximum atomic E-state index is 13.2. The molecular weight excluding hydrogens is 576 g/mol. The van der Waals surface area contributed by atoms with E-state index in [9.17, 15) is 9.90 Å². The highest BCUT2D eigenvalue weighted by molar-refractivity contribution is 6.14. The van der Waals surface area contributed by atoms with Crippen LogP contribution in [0.1, 0.15) is 48.3 Å². The van der Waals surface area contributed by atoms with Gasteiger partial charge in [-0.25, -0.2) is 9.47 Å². The summed E-state index contributed by atoms with van der Waals surface area (Å²) in [7, 11) is 3.18. The molecule has 6 rings (SSSR count). The number of benzene rings is 5. The van der Waals surface area contributed by atoms with E-state index in [1.54, 1.807) is 44.2 Å². The Balaban J connectivity index is 1.55. The number of esters is 1. The van der Waals surface area contributed by atoms with Crippen LogP contribution in [-0.2, 0) is 4.74 Å². The second-order valence-corrected chi connectivity index (χ2v) is 11.3. The highest BCUT2D eigenvalue weighted by atomic mass is 16.5. The van der Waals surface area contributed by atoms with E-state index in [1.165, 1.54) is 0 Å². The van der Waals surface area contributed by atoms with Crippen LogP contribution in [0.3, 0.4) is 0 Å². The van der Waals surface area contributed by atoms with E-state index in [2.05, 4.69) is 30.3 Å². The van der Waals surface area contributed by atoms with Gasteiger partial charge in [-0.2, -0.15) is 5.10 Å². The van der Waals surface area contributed by atoms with Crippen LogP contribution in [0.4, 0.5) is 0 Å². The molecule has 5 aromatic carbocycles. The van der Waals surface area contributed by atoms with Crippen molar-refractivity contribution in [3.8, 4) is 39.6 Å². The smallest absolute Gasteiger partial charge is 0.340 e. The molecule has 0 spiro atoms. The Kier molecular flexibility index (Phi) is 8.49. The molecule has 0 saturated carbocycles. The van der Waals surface area contributed by atoms with Crippen molar-refractivity contribution in [2.75, 3.05) is 20.8 Å². The molecule has 0 amide bonds. The van der Waals surface area contributed by atoms with Crippen molar-refractivity contribution in [1.29, 1.82) is 0 Å². The third-order valence-corrected chi connectivity index (χ3v) is 8.16. The number of phenolic OH excluding ortho intramolecular Hbond substituents is 1. The van der Waals surface area contributed by atoms with Crippen LogP contribution in [0.25, 0.3) is 43.9 Å². The molecular formula is C39H36N2O5. The molecule has 46 heavy (non-hydrogen) atoms. The quantitative estimate of drug-likeness (QED) is 0.100. The van der Waals surface area contributed by atoms with Crippen LogP contribution in [0.2, 0.25) is 0 Å². The Labute approximate surface area is 268 Å². The van der Waals surface area contributed by atoms with Crippen LogP contribution in [0, 0.1) is 0 Å². The van der Waals surface area contributed by atoms with Gasteiger partial charge in [0.1, 0.15) is 17.2 Å². The number of carbonyl (C=O) groups excluding carboxylic acids is 1. The van der Waals surface area contributed by atoms with Gasteiger partial charge in [0, 0.05) is 28.3 Å². The third kappa shape index (κ3) is 5.45. The summed E-state index contributed by atoms with van der Waals surface area (Å²) in [5.74, 6) is 0.796. The van der Waals surface area contributed by atoms with Crippen LogP contribution in [-0.4, -0.2) is 42.8 Å². The van der Waals surface area contributed by atoms with Gasteiger partial charge in [-0.05, 0) is 64.7 Å². The summed E-state index contributed by atoms with van der Waals surface area (Å²) in [6.07, 6.45) is 1.63. The molecule has 0 aliphatic rings. The van der Waals surface area contributed by atoms with Gasteiger partial charge < -0.3 is 19.3 Å². The lowest BCUT2D eigenvalue weighted by Crippen LogP contribution is -2.10. The monoisotopic (exact) mass is 612 g/mol. The van der Waals surface area contributed by atoms with Crippen molar-refractivity contribution in [2.45, 2.75) is 26.7 Å². The number of fused-ring (bicyclic) bond motifs is 2. The summed E-state index contributed by atoms with van der Waals surface area (Å²) in [6.45, 7) is 6.03. The molecule has 0 fully saturated rings. The molecule has 7 heteroatoms. The topological polar surface area (TPSA) is 82.3 Å². The number of aromatic hydroxyl groups is 1.